The lowest BCUT2D eigenvalue weighted by Gasteiger charge is -2.22. The summed E-state index contributed by atoms with van der Waals surface area (Å²) >= 11 is 0. The van der Waals surface area contributed by atoms with Gasteiger partial charge >= 0.3 is 0 Å². The van der Waals surface area contributed by atoms with E-state index >= 15 is 0 Å². The second-order valence-corrected chi connectivity index (χ2v) is 8.62. The van der Waals surface area contributed by atoms with Gasteiger partial charge in [-0.2, -0.15) is 4.31 Å². The third-order valence-corrected chi connectivity index (χ3v) is 6.56. The molecule has 1 aromatic carbocycles. The molecule has 1 N–H and O–H groups in total. The largest absolute Gasteiger partial charge is 0.486 e. The van der Waals surface area contributed by atoms with Crippen LogP contribution in [-0.4, -0.2) is 57.8 Å². The zero-order valence-electron chi connectivity index (χ0n) is 15.3. The van der Waals surface area contributed by atoms with Crippen molar-refractivity contribution in [3.8, 4) is 11.5 Å². The van der Waals surface area contributed by atoms with Crippen LogP contribution in [0.2, 0.25) is 0 Å². The lowest BCUT2D eigenvalue weighted by Crippen LogP contribution is -2.36. The summed E-state index contributed by atoms with van der Waals surface area (Å²) in [6.45, 7) is 1.49. The predicted octanol–water partition coefficient (Wildman–Crippen LogP) is 0.963. The van der Waals surface area contributed by atoms with Gasteiger partial charge in [0.05, 0.1) is 4.90 Å². The summed E-state index contributed by atoms with van der Waals surface area (Å²) < 4.78 is 43.3. The molecule has 1 atom stereocenters. The standard InChI is InChI=1S/C18H22N2O7S/c21-18(19-27-17-3-1-2-8-26-17)13-6-7-20(12-13)28(22,23)14-4-5-15-16(11-14)25-10-9-24-15/h4-6,11,17H,1-3,7-10,12H2,(H,19,21). The molecule has 1 fully saturated rings. The summed E-state index contributed by atoms with van der Waals surface area (Å²) in [5.74, 6) is 0.458. The van der Waals surface area contributed by atoms with Crippen molar-refractivity contribution in [2.24, 2.45) is 0 Å². The van der Waals surface area contributed by atoms with Crippen LogP contribution in [0.25, 0.3) is 0 Å². The molecule has 4 rings (SSSR count). The number of carbonyl (C=O) groups is 1. The molecule has 0 bridgehead atoms. The first-order valence-corrected chi connectivity index (χ1v) is 10.6. The molecule has 0 aromatic heterocycles. The molecule has 0 radical (unpaired) electrons. The van der Waals surface area contributed by atoms with Crippen LogP contribution < -0.4 is 15.0 Å². The number of sulfonamides is 1. The molecule has 10 heteroatoms. The normalized spacial score (nSPS) is 22.6. The van der Waals surface area contributed by atoms with E-state index in [2.05, 4.69) is 5.48 Å². The van der Waals surface area contributed by atoms with Crippen molar-refractivity contribution in [3.05, 3.63) is 29.8 Å². The van der Waals surface area contributed by atoms with Crippen LogP contribution in [0.1, 0.15) is 19.3 Å². The zero-order chi connectivity index (χ0) is 19.6. The van der Waals surface area contributed by atoms with Gasteiger partial charge in [-0.1, -0.05) is 6.08 Å². The van der Waals surface area contributed by atoms with Crippen LogP contribution in [0.15, 0.2) is 34.7 Å². The van der Waals surface area contributed by atoms with Crippen molar-refractivity contribution in [2.75, 3.05) is 32.9 Å². The summed E-state index contributed by atoms with van der Waals surface area (Å²) in [6, 6.07) is 4.51. The van der Waals surface area contributed by atoms with Gasteiger partial charge in [0.2, 0.25) is 10.0 Å². The number of carbonyl (C=O) groups excluding carboxylic acids is 1. The lowest BCUT2D eigenvalue weighted by atomic mass is 10.2. The van der Waals surface area contributed by atoms with Crippen molar-refractivity contribution in [2.45, 2.75) is 30.4 Å². The Morgan fingerprint density at radius 2 is 1.96 bits per heavy atom. The molecular weight excluding hydrogens is 388 g/mol. The Morgan fingerprint density at radius 1 is 1.14 bits per heavy atom. The molecule has 0 spiro atoms. The van der Waals surface area contributed by atoms with Gasteiger partial charge in [0.25, 0.3) is 5.91 Å². The summed E-state index contributed by atoms with van der Waals surface area (Å²) in [6.07, 6.45) is 3.79. The minimum absolute atomic E-state index is 0.0303. The van der Waals surface area contributed by atoms with E-state index in [0.29, 0.717) is 43.3 Å². The predicted molar refractivity (Wildman–Crippen MR) is 97.1 cm³/mol. The van der Waals surface area contributed by atoms with Gasteiger partial charge in [-0.15, -0.1) is 0 Å². The van der Waals surface area contributed by atoms with Crippen molar-refractivity contribution < 1.29 is 32.3 Å². The van der Waals surface area contributed by atoms with Gasteiger partial charge in [0.15, 0.2) is 17.8 Å². The number of fused-ring (bicyclic) bond motifs is 1. The molecule has 152 valence electrons. The third kappa shape index (κ3) is 4.00. The number of hydrogen-bond donors (Lipinski definition) is 1. The molecule has 0 saturated carbocycles. The average molecular weight is 410 g/mol. The fourth-order valence-corrected chi connectivity index (χ4v) is 4.57. The first kappa shape index (κ1) is 19.2. The van der Waals surface area contributed by atoms with Gasteiger partial charge < -0.3 is 14.2 Å². The second-order valence-electron chi connectivity index (χ2n) is 6.68. The molecule has 0 aliphatic carbocycles. The highest BCUT2D eigenvalue weighted by atomic mass is 32.2. The molecule has 28 heavy (non-hydrogen) atoms. The van der Waals surface area contributed by atoms with Gasteiger partial charge in [0.1, 0.15) is 13.2 Å². The summed E-state index contributed by atoms with van der Waals surface area (Å²) in [7, 11) is -3.77. The zero-order valence-corrected chi connectivity index (χ0v) is 16.1. The fraction of sp³-hybridized carbons (Fsp3) is 0.500. The topological polar surface area (TPSA) is 103 Å². The molecule has 1 aromatic rings. The number of benzene rings is 1. The van der Waals surface area contributed by atoms with Crippen molar-refractivity contribution in [3.63, 3.8) is 0 Å². The Kier molecular flexibility index (Phi) is 5.54. The lowest BCUT2D eigenvalue weighted by molar-refractivity contribution is -0.198. The van der Waals surface area contributed by atoms with Crippen LogP contribution in [0.4, 0.5) is 0 Å². The first-order chi connectivity index (χ1) is 13.5. The van der Waals surface area contributed by atoms with E-state index in [1.54, 1.807) is 12.1 Å². The number of nitrogens with one attached hydrogen (secondary N) is 1. The van der Waals surface area contributed by atoms with Gasteiger partial charge in [-0.05, 0) is 25.0 Å². The van der Waals surface area contributed by atoms with Crippen LogP contribution in [-0.2, 0) is 24.4 Å². The molecule has 3 aliphatic rings. The molecule has 1 saturated heterocycles. The van der Waals surface area contributed by atoms with Crippen molar-refractivity contribution in [1.29, 1.82) is 0 Å². The number of hydrogen-bond acceptors (Lipinski definition) is 7. The van der Waals surface area contributed by atoms with Crippen LogP contribution in [0, 0.1) is 0 Å². The van der Waals surface area contributed by atoms with E-state index < -0.39 is 22.2 Å². The van der Waals surface area contributed by atoms with Crippen molar-refractivity contribution >= 4 is 15.9 Å². The highest BCUT2D eigenvalue weighted by Crippen LogP contribution is 2.33. The van der Waals surface area contributed by atoms with E-state index in [-0.39, 0.29) is 18.0 Å². The van der Waals surface area contributed by atoms with E-state index in [9.17, 15) is 13.2 Å². The Morgan fingerprint density at radius 3 is 2.75 bits per heavy atom. The maximum absolute atomic E-state index is 12.9. The SMILES string of the molecule is O=C(NOC1CCCCO1)C1=CCN(S(=O)(=O)c2ccc3c(c2)OCCO3)C1. The van der Waals surface area contributed by atoms with Gasteiger partial charge in [-0.3, -0.25) is 4.79 Å². The van der Waals surface area contributed by atoms with E-state index in [0.717, 1.165) is 12.8 Å². The maximum atomic E-state index is 12.9. The van der Waals surface area contributed by atoms with E-state index in [1.165, 1.54) is 16.4 Å². The minimum Gasteiger partial charge on any atom is -0.486 e. The Balaban J connectivity index is 1.37. The smallest absolute Gasteiger partial charge is 0.271 e. The number of ether oxygens (including phenoxy) is 3. The van der Waals surface area contributed by atoms with E-state index in [4.69, 9.17) is 19.0 Å². The van der Waals surface area contributed by atoms with Gasteiger partial charge in [-0.25, -0.2) is 18.7 Å². The molecular formula is C18H22N2O7S. The molecule has 9 nitrogen and oxygen atoms in total. The van der Waals surface area contributed by atoms with Crippen LogP contribution >= 0.6 is 0 Å². The van der Waals surface area contributed by atoms with E-state index in [1.807, 2.05) is 0 Å². The van der Waals surface area contributed by atoms with Crippen molar-refractivity contribution in [1.82, 2.24) is 9.79 Å². The highest BCUT2D eigenvalue weighted by Gasteiger charge is 2.32. The second kappa shape index (κ2) is 8.08. The highest BCUT2D eigenvalue weighted by molar-refractivity contribution is 7.89. The minimum atomic E-state index is -3.77. The average Bonchev–Trinajstić information content (AvgIpc) is 3.24. The summed E-state index contributed by atoms with van der Waals surface area (Å²) in [5, 5.41) is 0. The number of amides is 1. The van der Waals surface area contributed by atoms with Crippen LogP contribution in [0.3, 0.4) is 0 Å². The quantitative estimate of drug-likeness (QED) is 0.721. The number of hydroxylamine groups is 1. The van der Waals surface area contributed by atoms with Crippen LogP contribution in [0.5, 0.6) is 11.5 Å². The third-order valence-electron chi connectivity index (χ3n) is 4.75. The number of rotatable bonds is 5. The fourth-order valence-electron chi connectivity index (χ4n) is 3.20. The Labute approximate surface area is 163 Å². The molecule has 3 aliphatic heterocycles. The van der Waals surface area contributed by atoms with Gasteiger partial charge in [0, 0.05) is 37.8 Å². The summed E-state index contributed by atoms with van der Waals surface area (Å²) in [5.41, 5.74) is 2.69. The molecule has 3 heterocycles. The first-order valence-electron chi connectivity index (χ1n) is 9.20. The molecule has 1 unspecified atom stereocenters. The monoisotopic (exact) mass is 410 g/mol. The Bertz CT molecular complexity index is 878. The molecule has 1 amide bonds. The Hall–Kier alpha value is -2.14. The summed E-state index contributed by atoms with van der Waals surface area (Å²) in [4.78, 5) is 17.6. The number of nitrogens with zero attached hydrogens (tertiary/aromatic N) is 1. The maximum Gasteiger partial charge on any atom is 0.271 e.